The highest BCUT2D eigenvalue weighted by Crippen LogP contribution is 2.30. The van der Waals surface area contributed by atoms with E-state index in [1.165, 1.54) is 7.11 Å². The Bertz CT molecular complexity index is 584. The zero-order chi connectivity index (χ0) is 14.4. The van der Waals surface area contributed by atoms with E-state index in [1.54, 1.807) is 18.2 Å². The first-order valence-electron chi connectivity index (χ1n) is 6.04. The summed E-state index contributed by atoms with van der Waals surface area (Å²) in [6, 6.07) is 14.6. The van der Waals surface area contributed by atoms with E-state index in [-0.39, 0.29) is 0 Å². The van der Waals surface area contributed by atoms with E-state index in [4.69, 9.17) is 14.6 Å². The second-order valence-corrected chi connectivity index (χ2v) is 4.07. The molecule has 0 saturated carbocycles. The minimum atomic E-state index is -1.12. The van der Waals surface area contributed by atoms with Crippen LogP contribution in [0.5, 0.6) is 11.5 Å². The van der Waals surface area contributed by atoms with E-state index in [0.29, 0.717) is 23.8 Å². The van der Waals surface area contributed by atoms with Crippen LogP contribution in [0.1, 0.15) is 5.56 Å². The Morgan fingerprint density at radius 3 is 2.55 bits per heavy atom. The summed E-state index contributed by atoms with van der Waals surface area (Å²) in [5.41, 5.74) is 1.45. The monoisotopic (exact) mass is 273 g/mol. The molecule has 2 aromatic carbocycles. The van der Waals surface area contributed by atoms with Crippen LogP contribution in [0.3, 0.4) is 0 Å². The molecular formula is C15H15NO4. The zero-order valence-electron chi connectivity index (χ0n) is 11.0. The lowest BCUT2D eigenvalue weighted by Crippen LogP contribution is -2.07. The third-order valence-corrected chi connectivity index (χ3v) is 2.65. The van der Waals surface area contributed by atoms with Crippen LogP contribution in [-0.2, 0) is 6.61 Å². The topological polar surface area (TPSA) is 67.8 Å². The maximum absolute atomic E-state index is 10.6. The maximum atomic E-state index is 10.6. The molecule has 0 unspecified atom stereocenters. The van der Waals surface area contributed by atoms with E-state index in [9.17, 15) is 4.79 Å². The first-order valence-corrected chi connectivity index (χ1v) is 6.04. The van der Waals surface area contributed by atoms with Crippen molar-refractivity contribution in [1.29, 1.82) is 0 Å². The number of rotatable bonds is 5. The summed E-state index contributed by atoms with van der Waals surface area (Å²) >= 11 is 0. The molecule has 0 fully saturated rings. The number of ether oxygens (including phenoxy) is 2. The second kappa shape index (κ2) is 6.47. The molecule has 0 aliphatic rings. The zero-order valence-corrected chi connectivity index (χ0v) is 11.0. The standard InChI is InChI=1S/C15H15NO4/c1-19-13-8-7-12(16-15(17)18)9-14(13)20-10-11-5-3-2-4-6-11/h2-9,16H,10H2,1H3,(H,17,18). The summed E-state index contributed by atoms with van der Waals surface area (Å²) in [6.07, 6.45) is -1.12. The third kappa shape index (κ3) is 3.65. The van der Waals surface area contributed by atoms with Gasteiger partial charge in [-0.05, 0) is 17.7 Å². The highest BCUT2D eigenvalue weighted by Gasteiger charge is 2.07. The lowest BCUT2D eigenvalue weighted by atomic mass is 10.2. The van der Waals surface area contributed by atoms with Crippen LogP contribution in [0.25, 0.3) is 0 Å². The molecule has 20 heavy (non-hydrogen) atoms. The summed E-state index contributed by atoms with van der Waals surface area (Å²) in [7, 11) is 1.54. The Hall–Kier alpha value is -2.69. The fraction of sp³-hybridized carbons (Fsp3) is 0.133. The van der Waals surface area contributed by atoms with Gasteiger partial charge in [-0.3, -0.25) is 5.32 Å². The smallest absolute Gasteiger partial charge is 0.409 e. The van der Waals surface area contributed by atoms with Gasteiger partial charge < -0.3 is 14.6 Å². The van der Waals surface area contributed by atoms with Crippen molar-refractivity contribution in [2.24, 2.45) is 0 Å². The quantitative estimate of drug-likeness (QED) is 0.876. The molecule has 0 spiro atoms. The lowest BCUT2D eigenvalue weighted by molar-refractivity contribution is 0.209. The predicted octanol–water partition coefficient (Wildman–Crippen LogP) is 3.36. The van der Waals surface area contributed by atoms with Crippen LogP contribution in [0, 0.1) is 0 Å². The van der Waals surface area contributed by atoms with Gasteiger partial charge in [0.05, 0.1) is 7.11 Å². The predicted molar refractivity (Wildman–Crippen MR) is 75.4 cm³/mol. The summed E-state index contributed by atoms with van der Waals surface area (Å²) in [5, 5.41) is 11.0. The minimum absolute atomic E-state index is 0.383. The molecule has 0 radical (unpaired) electrons. The number of nitrogens with one attached hydrogen (secondary N) is 1. The normalized spacial score (nSPS) is 9.85. The van der Waals surface area contributed by atoms with Crippen molar-refractivity contribution in [2.45, 2.75) is 6.61 Å². The number of anilines is 1. The first kappa shape index (κ1) is 13.7. The number of hydrogen-bond acceptors (Lipinski definition) is 3. The Morgan fingerprint density at radius 2 is 1.90 bits per heavy atom. The van der Waals surface area contributed by atoms with Gasteiger partial charge in [0, 0.05) is 11.8 Å². The van der Waals surface area contributed by atoms with E-state index >= 15 is 0 Å². The summed E-state index contributed by atoms with van der Waals surface area (Å²) < 4.78 is 10.9. The Labute approximate surface area is 116 Å². The Balaban J connectivity index is 2.13. The van der Waals surface area contributed by atoms with Crippen molar-refractivity contribution >= 4 is 11.8 Å². The highest BCUT2D eigenvalue weighted by molar-refractivity contribution is 5.83. The van der Waals surface area contributed by atoms with Crippen LogP contribution in [0.4, 0.5) is 10.5 Å². The van der Waals surface area contributed by atoms with Crippen molar-refractivity contribution in [1.82, 2.24) is 0 Å². The van der Waals surface area contributed by atoms with Gasteiger partial charge in [-0.1, -0.05) is 30.3 Å². The van der Waals surface area contributed by atoms with Crippen LogP contribution >= 0.6 is 0 Å². The van der Waals surface area contributed by atoms with Gasteiger partial charge in [-0.2, -0.15) is 0 Å². The van der Waals surface area contributed by atoms with Crippen molar-refractivity contribution in [2.75, 3.05) is 12.4 Å². The van der Waals surface area contributed by atoms with Gasteiger partial charge >= 0.3 is 6.09 Å². The molecule has 104 valence electrons. The number of amides is 1. The van der Waals surface area contributed by atoms with Gasteiger partial charge in [0.15, 0.2) is 11.5 Å². The van der Waals surface area contributed by atoms with E-state index in [2.05, 4.69) is 5.32 Å². The SMILES string of the molecule is COc1ccc(NC(=O)O)cc1OCc1ccccc1. The lowest BCUT2D eigenvalue weighted by Gasteiger charge is -2.12. The Kier molecular flexibility index (Phi) is 4.44. The molecule has 0 aromatic heterocycles. The molecule has 0 bridgehead atoms. The minimum Gasteiger partial charge on any atom is -0.493 e. The van der Waals surface area contributed by atoms with Crippen LogP contribution in [-0.4, -0.2) is 18.3 Å². The molecule has 1 amide bonds. The molecule has 0 aliphatic heterocycles. The molecule has 0 heterocycles. The number of hydrogen-bond donors (Lipinski definition) is 2. The van der Waals surface area contributed by atoms with Crippen molar-refractivity contribution < 1.29 is 19.4 Å². The second-order valence-electron chi connectivity index (χ2n) is 4.07. The van der Waals surface area contributed by atoms with Gasteiger partial charge in [0.25, 0.3) is 0 Å². The summed E-state index contributed by atoms with van der Waals surface area (Å²) in [4.78, 5) is 10.6. The number of carbonyl (C=O) groups is 1. The highest BCUT2D eigenvalue weighted by atomic mass is 16.5. The van der Waals surface area contributed by atoms with E-state index in [0.717, 1.165) is 5.56 Å². The summed E-state index contributed by atoms with van der Waals surface area (Å²) in [6.45, 7) is 0.383. The molecule has 0 saturated heterocycles. The van der Waals surface area contributed by atoms with E-state index < -0.39 is 6.09 Å². The average Bonchev–Trinajstić information content (AvgIpc) is 2.46. The summed E-state index contributed by atoms with van der Waals surface area (Å²) in [5.74, 6) is 1.04. The van der Waals surface area contributed by atoms with Gasteiger partial charge in [0.1, 0.15) is 6.61 Å². The molecule has 0 atom stereocenters. The fourth-order valence-electron chi connectivity index (χ4n) is 1.73. The molecular weight excluding hydrogens is 258 g/mol. The largest absolute Gasteiger partial charge is 0.493 e. The maximum Gasteiger partial charge on any atom is 0.409 e. The molecule has 5 heteroatoms. The van der Waals surface area contributed by atoms with E-state index in [1.807, 2.05) is 30.3 Å². The Morgan fingerprint density at radius 1 is 1.15 bits per heavy atom. The molecule has 2 aromatic rings. The fourth-order valence-corrected chi connectivity index (χ4v) is 1.73. The third-order valence-electron chi connectivity index (χ3n) is 2.65. The molecule has 2 N–H and O–H groups in total. The number of methoxy groups -OCH3 is 1. The van der Waals surface area contributed by atoms with Gasteiger partial charge in [0.2, 0.25) is 0 Å². The van der Waals surface area contributed by atoms with Crippen LogP contribution in [0.2, 0.25) is 0 Å². The van der Waals surface area contributed by atoms with Crippen LogP contribution < -0.4 is 14.8 Å². The van der Waals surface area contributed by atoms with Crippen molar-refractivity contribution in [3.05, 3.63) is 54.1 Å². The van der Waals surface area contributed by atoms with Gasteiger partial charge in [-0.15, -0.1) is 0 Å². The van der Waals surface area contributed by atoms with Crippen molar-refractivity contribution in [3.63, 3.8) is 0 Å². The molecule has 2 rings (SSSR count). The first-order chi connectivity index (χ1) is 9.69. The number of carboxylic acid groups (broad SMARTS) is 1. The molecule has 0 aliphatic carbocycles. The average molecular weight is 273 g/mol. The van der Waals surface area contributed by atoms with Gasteiger partial charge in [-0.25, -0.2) is 4.79 Å². The molecule has 5 nitrogen and oxygen atoms in total. The van der Waals surface area contributed by atoms with Crippen LogP contribution in [0.15, 0.2) is 48.5 Å². The van der Waals surface area contributed by atoms with Crippen molar-refractivity contribution in [3.8, 4) is 11.5 Å². The number of benzene rings is 2.